The van der Waals surface area contributed by atoms with Gasteiger partial charge >= 0.3 is 12.1 Å². The van der Waals surface area contributed by atoms with Crippen LogP contribution in [-0.2, 0) is 14.3 Å². The first kappa shape index (κ1) is 20.2. The summed E-state index contributed by atoms with van der Waals surface area (Å²) in [5.74, 6) is -0.412. The predicted molar refractivity (Wildman–Crippen MR) is 92.3 cm³/mol. The van der Waals surface area contributed by atoms with Crippen molar-refractivity contribution in [3.63, 3.8) is 0 Å². The summed E-state index contributed by atoms with van der Waals surface area (Å²) in [5.41, 5.74) is 0.661. The first-order valence-electron chi connectivity index (χ1n) is 8.84. The minimum absolute atomic E-state index is 0.0108. The molecule has 0 saturated heterocycles. The van der Waals surface area contributed by atoms with E-state index in [-0.39, 0.29) is 30.5 Å². The summed E-state index contributed by atoms with van der Waals surface area (Å²) >= 11 is 0. The first-order chi connectivity index (χ1) is 12.3. The molecule has 0 amide bonds. The summed E-state index contributed by atoms with van der Waals surface area (Å²) in [6.45, 7) is 0. The van der Waals surface area contributed by atoms with Crippen LogP contribution >= 0.6 is 0 Å². The molecule has 0 aromatic heterocycles. The number of ether oxygens (including phenoxy) is 1. The second-order valence-corrected chi connectivity index (χ2v) is 6.46. The summed E-state index contributed by atoms with van der Waals surface area (Å²) in [4.78, 5) is 23.9. The third-order valence-corrected chi connectivity index (χ3v) is 4.29. The third-order valence-electron chi connectivity index (χ3n) is 4.29. The van der Waals surface area contributed by atoms with E-state index in [1.165, 1.54) is 6.08 Å². The van der Waals surface area contributed by atoms with Gasteiger partial charge in [0.05, 0.1) is 6.42 Å². The van der Waals surface area contributed by atoms with Crippen LogP contribution in [0.15, 0.2) is 48.1 Å². The van der Waals surface area contributed by atoms with Crippen molar-refractivity contribution in [1.82, 2.24) is 0 Å². The smallest absolute Gasteiger partial charge is 0.392 e. The highest BCUT2D eigenvalue weighted by atomic mass is 19.4. The average Bonchev–Trinajstić information content (AvgIpc) is 2.91. The number of rotatable bonds is 3. The first-order valence-corrected chi connectivity index (χ1v) is 8.84. The van der Waals surface area contributed by atoms with E-state index in [1.54, 1.807) is 12.2 Å². The van der Waals surface area contributed by atoms with E-state index in [0.29, 0.717) is 18.4 Å². The van der Waals surface area contributed by atoms with E-state index < -0.39 is 18.7 Å². The van der Waals surface area contributed by atoms with Gasteiger partial charge in [0.15, 0.2) is 5.78 Å². The van der Waals surface area contributed by atoms with Gasteiger partial charge < -0.3 is 4.74 Å². The van der Waals surface area contributed by atoms with E-state index >= 15 is 0 Å². The number of fused-ring (bicyclic) bond motifs is 1. The highest BCUT2D eigenvalue weighted by Crippen LogP contribution is 2.27. The van der Waals surface area contributed by atoms with Crippen molar-refractivity contribution in [2.75, 3.05) is 0 Å². The van der Waals surface area contributed by atoms with Gasteiger partial charge in [-0.3, -0.25) is 9.59 Å². The lowest BCUT2D eigenvalue weighted by molar-refractivity contribution is -0.149. The van der Waals surface area contributed by atoms with Crippen LogP contribution in [0.4, 0.5) is 13.2 Å². The quantitative estimate of drug-likeness (QED) is 0.520. The second kappa shape index (κ2) is 9.55. The Bertz CT molecular complexity index is 627. The number of hydrogen-bond acceptors (Lipinski definition) is 3. The Morgan fingerprint density at radius 3 is 2.73 bits per heavy atom. The molecule has 0 N–H and O–H groups in total. The molecule has 2 rings (SSSR count). The van der Waals surface area contributed by atoms with Gasteiger partial charge in [-0.2, -0.15) is 13.2 Å². The molecule has 0 saturated carbocycles. The van der Waals surface area contributed by atoms with Crippen molar-refractivity contribution in [2.24, 2.45) is 5.92 Å². The average molecular weight is 368 g/mol. The minimum atomic E-state index is -4.25. The van der Waals surface area contributed by atoms with Crippen LogP contribution < -0.4 is 0 Å². The van der Waals surface area contributed by atoms with Crippen LogP contribution in [0.5, 0.6) is 0 Å². The molecule has 2 aliphatic rings. The van der Waals surface area contributed by atoms with Crippen LogP contribution in [0, 0.1) is 5.92 Å². The highest BCUT2D eigenvalue weighted by molar-refractivity contribution is 6.07. The number of allylic oxidation sites excluding steroid dienone is 6. The van der Waals surface area contributed by atoms with E-state index in [0.717, 1.165) is 18.9 Å². The number of esters is 1. The van der Waals surface area contributed by atoms with Crippen molar-refractivity contribution in [3.05, 3.63) is 48.1 Å². The molecule has 0 aromatic rings. The van der Waals surface area contributed by atoms with E-state index in [4.69, 9.17) is 4.74 Å². The maximum Gasteiger partial charge on any atom is 0.392 e. The minimum Gasteiger partial charge on any atom is -0.462 e. The molecular formula is C20H23F3O3. The number of ketones is 1. The van der Waals surface area contributed by atoms with Gasteiger partial charge in [0.25, 0.3) is 0 Å². The molecule has 1 heterocycles. The second-order valence-electron chi connectivity index (χ2n) is 6.46. The number of carbonyl (C=O) groups is 2. The maximum absolute atomic E-state index is 12.2. The zero-order chi connectivity index (χ0) is 19.0. The SMILES string of the molecule is O=C1CCC/C=C\C[C@H]2C=CC(=O)/C2=C/C[C@H](C/C=C\CC(F)(F)F)O1. The zero-order valence-corrected chi connectivity index (χ0v) is 14.5. The molecule has 0 fully saturated rings. The normalized spacial score (nSPS) is 28.5. The fraction of sp³-hybridized carbons (Fsp3) is 0.500. The molecule has 6 heteroatoms. The largest absolute Gasteiger partial charge is 0.462 e. The molecule has 142 valence electrons. The van der Waals surface area contributed by atoms with Gasteiger partial charge in [-0.1, -0.05) is 36.5 Å². The Kier molecular flexibility index (Phi) is 7.42. The maximum atomic E-state index is 12.2. The molecule has 26 heavy (non-hydrogen) atoms. The number of alkyl halides is 3. The highest BCUT2D eigenvalue weighted by Gasteiger charge is 2.25. The van der Waals surface area contributed by atoms with Crippen molar-refractivity contribution in [2.45, 2.75) is 57.2 Å². The lowest BCUT2D eigenvalue weighted by Crippen LogP contribution is -2.17. The summed E-state index contributed by atoms with van der Waals surface area (Å²) in [6.07, 6.45) is 8.67. The molecule has 1 aliphatic heterocycles. The van der Waals surface area contributed by atoms with Gasteiger partial charge in [0.2, 0.25) is 0 Å². The monoisotopic (exact) mass is 368 g/mol. The van der Waals surface area contributed by atoms with Crippen LogP contribution in [0.3, 0.4) is 0 Å². The summed E-state index contributed by atoms with van der Waals surface area (Å²) in [5, 5.41) is 0. The Morgan fingerprint density at radius 1 is 1.15 bits per heavy atom. The number of hydrogen-bond donors (Lipinski definition) is 0. The van der Waals surface area contributed by atoms with Crippen molar-refractivity contribution < 1.29 is 27.5 Å². The lowest BCUT2D eigenvalue weighted by atomic mass is 9.96. The molecule has 0 aromatic carbocycles. The van der Waals surface area contributed by atoms with Crippen LogP contribution in [0.1, 0.15) is 44.9 Å². The van der Waals surface area contributed by atoms with Crippen molar-refractivity contribution >= 4 is 11.8 Å². The Hall–Kier alpha value is -2.11. The van der Waals surface area contributed by atoms with Crippen molar-refractivity contribution in [3.8, 4) is 0 Å². The molecule has 0 bridgehead atoms. The molecule has 0 unspecified atom stereocenters. The van der Waals surface area contributed by atoms with Gasteiger partial charge in [-0.15, -0.1) is 0 Å². The lowest BCUT2D eigenvalue weighted by Gasteiger charge is -2.16. The molecule has 3 nitrogen and oxygen atoms in total. The molecule has 2 atom stereocenters. The predicted octanol–water partition coefficient (Wildman–Crippen LogP) is 5.00. The van der Waals surface area contributed by atoms with Gasteiger partial charge in [-0.25, -0.2) is 0 Å². The Morgan fingerprint density at radius 2 is 1.96 bits per heavy atom. The summed E-state index contributed by atoms with van der Waals surface area (Å²) in [6, 6.07) is 0. The van der Waals surface area contributed by atoms with Gasteiger partial charge in [0.1, 0.15) is 6.10 Å². The molecule has 0 spiro atoms. The Labute approximate surface area is 151 Å². The Balaban J connectivity index is 2.07. The van der Waals surface area contributed by atoms with E-state index in [1.807, 2.05) is 18.2 Å². The van der Waals surface area contributed by atoms with Crippen LogP contribution in [0.25, 0.3) is 0 Å². The zero-order valence-electron chi connectivity index (χ0n) is 14.5. The number of carbonyl (C=O) groups excluding carboxylic acids is 2. The fourth-order valence-corrected chi connectivity index (χ4v) is 2.93. The fourth-order valence-electron chi connectivity index (χ4n) is 2.93. The van der Waals surface area contributed by atoms with Gasteiger partial charge in [0, 0.05) is 30.8 Å². The molecule has 0 radical (unpaired) electrons. The third kappa shape index (κ3) is 7.02. The van der Waals surface area contributed by atoms with Crippen molar-refractivity contribution in [1.29, 1.82) is 0 Å². The van der Waals surface area contributed by atoms with E-state index in [2.05, 4.69) is 0 Å². The van der Waals surface area contributed by atoms with Crippen LogP contribution in [-0.4, -0.2) is 24.0 Å². The topological polar surface area (TPSA) is 43.4 Å². The molecule has 1 aliphatic carbocycles. The standard InChI is InChI=1S/C20H23F3O3/c21-20(22,23)14-6-5-8-16-11-12-17-15(10-13-18(17)24)7-3-1-2-4-9-19(25)26-16/h1,3,5-6,10,12-13,15-16H,2,4,7-9,11,14H2/b3-1-,6-5-,17-12+/t15-,16-/m0/s1. The number of cyclic esters (lactones) is 1. The molecular weight excluding hydrogens is 345 g/mol. The summed E-state index contributed by atoms with van der Waals surface area (Å²) < 4.78 is 42.1. The summed E-state index contributed by atoms with van der Waals surface area (Å²) in [7, 11) is 0. The van der Waals surface area contributed by atoms with Crippen LogP contribution in [0.2, 0.25) is 0 Å². The van der Waals surface area contributed by atoms with Gasteiger partial charge in [-0.05, 0) is 25.3 Å². The van der Waals surface area contributed by atoms with E-state index in [9.17, 15) is 22.8 Å². The number of halogens is 3.